The van der Waals surface area contributed by atoms with E-state index in [0.29, 0.717) is 11.6 Å². The summed E-state index contributed by atoms with van der Waals surface area (Å²) >= 11 is 0. The second kappa shape index (κ2) is 5.42. The van der Waals surface area contributed by atoms with Crippen LogP contribution in [-0.4, -0.2) is 25.8 Å². The van der Waals surface area contributed by atoms with Gasteiger partial charge in [-0.05, 0) is 24.8 Å². The highest BCUT2D eigenvalue weighted by molar-refractivity contribution is 5.99. The number of aromatic amines is 1. The number of aromatic nitrogens is 4. The molecule has 3 aromatic rings. The minimum absolute atomic E-state index is 0.0593. The average Bonchev–Trinajstić information content (AvgIpc) is 3.10. The van der Waals surface area contributed by atoms with E-state index in [4.69, 9.17) is 0 Å². The smallest absolute Gasteiger partial charge is 0.319 e. The van der Waals surface area contributed by atoms with E-state index in [1.165, 1.54) is 0 Å². The van der Waals surface area contributed by atoms with Gasteiger partial charge >= 0.3 is 6.03 Å². The molecule has 4 rings (SSSR count). The van der Waals surface area contributed by atoms with Gasteiger partial charge in [-0.15, -0.1) is 0 Å². The molecule has 1 saturated carbocycles. The number of anilines is 1. The van der Waals surface area contributed by atoms with Gasteiger partial charge in [-0.25, -0.2) is 9.78 Å². The quantitative estimate of drug-likeness (QED) is 0.692. The van der Waals surface area contributed by atoms with Gasteiger partial charge in [0, 0.05) is 24.8 Å². The van der Waals surface area contributed by atoms with E-state index < -0.39 is 0 Å². The number of hydrogen-bond donors (Lipinski definition) is 3. The van der Waals surface area contributed by atoms with Gasteiger partial charge in [0.1, 0.15) is 5.82 Å². The molecular formula is C16H18N6O. The van der Waals surface area contributed by atoms with Crippen LogP contribution in [0.5, 0.6) is 0 Å². The number of urea groups is 1. The molecule has 2 aromatic heterocycles. The second-order valence-corrected chi connectivity index (χ2v) is 5.95. The first-order valence-corrected chi connectivity index (χ1v) is 7.69. The van der Waals surface area contributed by atoms with Crippen molar-refractivity contribution in [3.8, 4) is 0 Å². The maximum Gasteiger partial charge on any atom is 0.319 e. The Balaban J connectivity index is 1.53. The van der Waals surface area contributed by atoms with Crippen LogP contribution in [0.25, 0.3) is 10.9 Å². The van der Waals surface area contributed by atoms with Gasteiger partial charge in [0.25, 0.3) is 0 Å². The van der Waals surface area contributed by atoms with E-state index in [-0.39, 0.29) is 12.1 Å². The van der Waals surface area contributed by atoms with Gasteiger partial charge in [0.2, 0.25) is 0 Å². The van der Waals surface area contributed by atoms with E-state index in [1.807, 2.05) is 36.0 Å². The van der Waals surface area contributed by atoms with E-state index >= 15 is 0 Å². The molecule has 0 spiro atoms. The number of aryl methyl sites for hydroxylation is 1. The lowest BCUT2D eigenvalue weighted by molar-refractivity contribution is 0.246. The van der Waals surface area contributed by atoms with Crippen molar-refractivity contribution in [2.45, 2.75) is 18.9 Å². The summed E-state index contributed by atoms with van der Waals surface area (Å²) in [5.74, 6) is 1.35. The molecule has 7 nitrogen and oxygen atoms in total. The molecule has 3 N–H and O–H groups in total. The van der Waals surface area contributed by atoms with Crippen molar-refractivity contribution in [1.82, 2.24) is 25.1 Å². The number of carbonyl (C=O) groups is 1. The van der Waals surface area contributed by atoms with Crippen molar-refractivity contribution >= 4 is 22.6 Å². The fourth-order valence-corrected chi connectivity index (χ4v) is 2.87. The summed E-state index contributed by atoms with van der Waals surface area (Å²) in [5, 5.41) is 13.9. The number of rotatable bonds is 4. The van der Waals surface area contributed by atoms with Crippen molar-refractivity contribution in [2.75, 3.05) is 5.32 Å². The van der Waals surface area contributed by atoms with Gasteiger partial charge in [-0.1, -0.05) is 12.1 Å². The molecule has 1 atom stereocenters. The van der Waals surface area contributed by atoms with Gasteiger partial charge in [0.05, 0.1) is 23.4 Å². The number of imidazole rings is 1. The molecule has 23 heavy (non-hydrogen) atoms. The SMILES string of the molecule is Cn1ccnc1[C@@H](NC(=O)Nc1cccc2cn[nH]c12)C1CC1. The summed E-state index contributed by atoms with van der Waals surface area (Å²) in [5.41, 5.74) is 1.54. The summed E-state index contributed by atoms with van der Waals surface area (Å²) < 4.78 is 1.96. The number of nitrogens with one attached hydrogen (secondary N) is 3. The van der Waals surface area contributed by atoms with Crippen molar-refractivity contribution in [3.63, 3.8) is 0 Å². The minimum Gasteiger partial charge on any atom is -0.336 e. The summed E-state index contributed by atoms with van der Waals surface area (Å²) in [6, 6.07) is 5.41. The van der Waals surface area contributed by atoms with E-state index in [9.17, 15) is 4.79 Å². The number of amides is 2. The van der Waals surface area contributed by atoms with Gasteiger partial charge in [-0.2, -0.15) is 5.10 Å². The van der Waals surface area contributed by atoms with Crippen LogP contribution >= 0.6 is 0 Å². The Kier molecular flexibility index (Phi) is 3.25. The molecular weight excluding hydrogens is 292 g/mol. The van der Waals surface area contributed by atoms with Gasteiger partial charge in [-0.3, -0.25) is 5.10 Å². The highest BCUT2D eigenvalue weighted by Gasteiger charge is 2.35. The molecule has 0 radical (unpaired) electrons. The first kappa shape index (κ1) is 13.8. The standard InChI is InChI=1S/C16H18N6O/c1-22-8-7-17-15(22)14(10-5-6-10)20-16(23)19-12-4-2-3-11-9-18-21-13(11)12/h2-4,7-10,14H,5-6H2,1H3,(H,18,21)(H2,19,20,23)/t14-/m0/s1. The zero-order valence-corrected chi connectivity index (χ0v) is 12.8. The molecule has 118 valence electrons. The molecule has 0 aliphatic heterocycles. The maximum atomic E-state index is 12.4. The fraction of sp³-hybridized carbons (Fsp3) is 0.312. The molecule has 1 fully saturated rings. The molecule has 1 aliphatic rings. The molecule has 1 aliphatic carbocycles. The zero-order valence-electron chi connectivity index (χ0n) is 12.8. The van der Waals surface area contributed by atoms with Crippen molar-refractivity contribution < 1.29 is 4.79 Å². The van der Waals surface area contributed by atoms with Crippen molar-refractivity contribution in [3.05, 3.63) is 42.6 Å². The lowest BCUT2D eigenvalue weighted by atomic mass is 10.1. The zero-order chi connectivity index (χ0) is 15.8. The van der Waals surface area contributed by atoms with Crippen molar-refractivity contribution in [2.24, 2.45) is 13.0 Å². The largest absolute Gasteiger partial charge is 0.336 e. The lowest BCUT2D eigenvalue weighted by Crippen LogP contribution is -2.35. The van der Waals surface area contributed by atoms with Crippen LogP contribution < -0.4 is 10.6 Å². The van der Waals surface area contributed by atoms with E-state index in [2.05, 4.69) is 25.8 Å². The first-order valence-electron chi connectivity index (χ1n) is 7.69. The molecule has 7 heteroatoms. The Hall–Kier alpha value is -2.83. The summed E-state index contributed by atoms with van der Waals surface area (Å²) in [6.45, 7) is 0. The van der Waals surface area contributed by atoms with Gasteiger partial charge < -0.3 is 15.2 Å². The molecule has 1 aromatic carbocycles. The van der Waals surface area contributed by atoms with Crippen LogP contribution in [0, 0.1) is 5.92 Å². The Morgan fingerprint density at radius 2 is 2.30 bits per heavy atom. The topological polar surface area (TPSA) is 87.6 Å². The number of fused-ring (bicyclic) bond motifs is 1. The molecule has 0 saturated heterocycles. The van der Waals surface area contributed by atoms with Crippen LogP contribution in [0.1, 0.15) is 24.7 Å². The normalized spacial score (nSPS) is 15.5. The fourth-order valence-electron chi connectivity index (χ4n) is 2.87. The van der Waals surface area contributed by atoms with Crippen LogP contribution in [0.15, 0.2) is 36.8 Å². The summed E-state index contributed by atoms with van der Waals surface area (Å²) in [7, 11) is 1.95. The molecule has 2 amide bonds. The highest BCUT2D eigenvalue weighted by Crippen LogP contribution is 2.40. The monoisotopic (exact) mass is 310 g/mol. The second-order valence-electron chi connectivity index (χ2n) is 5.95. The number of benzene rings is 1. The highest BCUT2D eigenvalue weighted by atomic mass is 16.2. The number of H-pyrrole nitrogens is 1. The summed E-state index contributed by atoms with van der Waals surface area (Å²) in [6.07, 6.45) is 7.63. The third-order valence-electron chi connectivity index (χ3n) is 4.24. The van der Waals surface area contributed by atoms with E-state index in [0.717, 1.165) is 29.6 Å². The van der Waals surface area contributed by atoms with Gasteiger partial charge in [0.15, 0.2) is 0 Å². The summed E-state index contributed by atoms with van der Waals surface area (Å²) in [4.78, 5) is 16.8. The lowest BCUT2D eigenvalue weighted by Gasteiger charge is -2.18. The maximum absolute atomic E-state index is 12.4. The Labute approximate surface area is 133 Å². The predicted octanol–water partition coefficient (Wildman–Crippen LogP) is 2.57. The molecule has 0 unspecified atom stereocenters. The number of para-hydroxylation sites is 1. The van der Waals surface area contributed by atoms with Crippen LogP contribution in [0.2, 0.25) is 0 Å². The number of nitrogens with zero attached hydrogens (tertiary/aromatic N) is 3. The number of hydrogen-bond acceptors (Lipinski definition) is 3. The predicted molar refractivity (Wildman–Crippen MR) is 86.9 cm³/mol. The average molecular weight is 310 g/mol. The van der Waals surface area contributed by atoms with E-state index in [1.54, 1.807) is 12.4 Å². The first-order chi connectivity index (χ1) is 11.2. The molecule has 0 bridgehead atoms. The molecule has 2 heterocycles. The number of carbonyl (C=O) groups excluding carboxylic acids is 1. The minimum atomic E-state index is -0.230. The Bertz CT molecular complexity index is 847. The van der Waals surface area contributed by atoms with Crippen LogP contribution in [0.4, 0.5) is 10.5 Å². The Morgan fingerprint density at radius 3 is 3.04 bits per heavy atom. The Morgan fingerprint density at radius 1 is 1.43 bits per heavy atom. The van der Waals surface area contributed by atoms with Crippen LogP contribution in [-0.2, 0) is 7.05 Å². The third kappa shape index (κ3) is 2.65. The van der Waals surface area contributed by atoms with Crippen molar-refractivity contribution in [1.29, 1.82) is 0 Å². The van der Waals surface area contributed by atoms with Crippen LogP contribution in [0.3, 0.4) is 0 Å². The third-order valence-corrected chi connectivity index (χ3v) is 4.24.